The van der Waals surface area contributed by atoms with Crippen LogP contribution < -0.4 is 5.32 Å². The Morgan fingerprint density at radius 2 is 1.51 bits per heavy atom. The van der Waals surface area contributed by atoms with Crippen LogP contribution >= 0.6 is 0 Å². The zero-order valence-corrected chi connectivity index (χ0v) is 20.1. The van der Waals surface area contributed by atoms with Crippen molar-refractivity contribution in [3.8, 4) is 0 Å². The largest absolute Gasteiger partial charge is 0.386 e. The van der Waals surface area contributed by atoms with Crippen molar-refractivity contribution in [1.82, 2.24) is 5.32 Å². The Kier molecular flexibility index (Phi) is 8.06. The Morgan fingerprint density at radius 1 is 0.846 bits per heavy atom. The SMILES string of the molecule is O=C(NC(Cc1cccc(C(=O)C(F)(F)C(F)F)c1)C(O)c1ccc(F)cc1)c1ccc(F)c2ccccc12. The van der Waals surface area contributed by atoms with Crippen LogP contribution in [-0.2, 0) is 6.42 Å². The van der Waals surface area contributed by atoms with Crippen LogP contribution in [0.1, 0.15) is 37.9 Å². The molecule has 0 spiro atoms. The first-order chi connectivity index (χ1) is 18.5. The van der Waals surface area contributed by atoms with E-state index in [2.05, 4.69) is 5.32 Å². The molecule has 2 N–H and O–H groups in total. The molecule has 4 aromatic carbocycles. The second kappa shape index (κ2) is 11.3. The number of ketones is 1. The van der Waals surface area contributed by atoms with Gasteiger partial charge < -0.3 is 10.4 Å². The molecule has 4 rings (SSSR count). The fourth-order valence-electron chi connectivity index (χ4n) is 4.23. The standard InChI is InChI=1S/C29H21F6NO3/c30-19-10-8-17(9-11-19)25(37)24(15-16-4-3-5-18(14-16)26(38)29(34,35)28(32)33)36-27(39)22-12-13-23(31)21-7-2-1-6-20(21)22/h1-14,24-25,28,37H,15H2,(H,36,39). The molecule has 1 amide bonds. The maximum atomic E-state index is 14.3. The Bertz CT molecular complexity index is 1510. The summed E-state index contributed by atoms with van der Waals surface area (Å²) in [6, 6.07) is 16.8. The average Bonchev–Trinajstić information content (AvgIpc) is 2.92. The van der Waals surface area contributed by atoms with Gasteiger partial charge in [0.2, 0.25) is 5.78 Å². The highest BCUT2D eigenvalue weighted by Gasteiger charge is 2.49. The lowest BCUT2D eigenvalue weighted by molar-refractivity contribution is -0.0958. The van der Waals surface area contributed by atoms with Crippen LogP contribution in [0.25, 0.3) is 10.8 Å². The molecule has 39 heavy (non-hydrogen) atoms. The van der Waals surface area contributed by atoms with E-state index in [-0.39, 0.29) is 28.5 Å². The van der Waals surface area contributed by atoms with E-state index >= 15 is 0 Å². The van der Waals surface area contributed by atoms with Crippen molar-refractivity contribution in [2.75, 3.05) is 0 Å². The van der Waals surface area contributed by atoms with Crippen molar-refractivity contribution in [3.63, 3.8) is 0 Å². The van der Waals surface area contributed by atoms with Gasteiger partial charge in [-0.05, 0) is 53.3 Å². The number of hydrogen-bond donors (Lipinski definition) is 2. The molecule has 4 nitrogen and oxygen atoms in total. The summed E-state index contributed by atoms with van der Waals surface area (Å²) in [7, 11) is 0. The van der Waals surface area contributed by atoms with E-state index in [1.54, 1.807) is 12.1 Å². The first-order valence-electron chi connectivity index (χ1n) is 11.7. The summed E-state index contributed by atoms with van der Waals surface area (Å²) in [4.78, 5) is 25.3. The smallest absolute Gasteiger partial charge is 0.368 e. The number of rotatable bonds is 9. The van der Waals surface area contributed by atoms with E-state index in [0.717, 1.165) is 30.3 Å². The molecule has 0 fully saturated rings. The Morgan fingerprint density at radius 3 is 2.18 bits per heavy atom. The minimum Gasteiger partial charge on any atom is -0.386 e. The number of nitrogens with one attached hydrogen (secondary N) is 1. The average molecular weight is 545 g/mol. The first-order valence-corrected chi connectivity index (χ1v) is 11.7. The summed E-state index contributed by atoms with van der Waals surface area (Å²) >= 11 is 0. The number of aliphatic hydroxyl groups is 1. The minimum atomic E-state index is -4.90. The van der Waals surface area contributed by atoms with Gasteiger partial charge in [-0.25, -0.2) is 17.6 Å². The number of carbonyl (C=O) groups excluding carboxylic acids is 2. The third-order valence-electron chi connectivity index (χ3n) is 6.25. The fourth-order valence-corrected chi connectivity index (χ4v) is 4.23. The molecule has 0 heterocycles. The highest BCUT2D eigenvalue weighted by Crippen LogP contribution is 2.29. The summed E-state index contributed by atoms with van der Waals surface area (Å²) in [5.74, 6) is -8.79. The van der Waals surface area contributed by atoms with Crippen molar-refractivity contribution in [3.05, 3.63) is 119 Å². The van der Waals surface area contributed by atoms with E-state index in [1.807, 2.05) is 0 Å². The number of carbonyl (C=O) groups is 2. The van der Waals surface area contributed by atoms with Crippen molar-refractivity contribution in [2.45, 2.75) is 30.9 Å². The normalized spacial score (nSPS) is 13.3. The quantitative estimate of drug-likeness (QED) is 0.192. The van der Waals surface area contributed by atoms with Gasteiger partial charge in [0.25, 0.3) is 5.91 Å². The highest BCUT2D eigenvalue weighted by molar-refractivity contribution is 6.07. The topological polar surface area (TPSA) is 66.4 Å². The van der Waals surface area contributed by atoms with Crippen molar-refractivity contribution < 1.29 is 41.0 Å². The second-order valence-corrected chi connectivity index (χ2v) is 8.87. The number of alkyl halides is 4. The Labute approximate surface area is 218 Å². The maximum Gasteiger partial charge on any atom is 0.368 e. The van der Waals surface area contributed by atoms with Gasteiger partial charge in [0, 0.05) is 16.5 Å². The van der Waals surface area contributed by atoms with Gasteiger partial charge >= 0.3 is 12.3 Å². The van der Waals surface area contributed by atoms with Gasteiger partial charge in [0.1, 0.15) is 11.6 Å². The lowest BCUT2D eigenvalue weighted by atomic mass is 9.93. The van der Waals surface area contributed by atoms with Gasteiger partial charge in [-0.3, -0.25) is 9.59 Å². The molecule has 0 radical (unpaired) electrons. The third kappa shape index (κ3) is 5.96. The number of halogens is 6. The lowest BCUT2D eigenvalue weighted by Gasteiger charge is -2.25. The number of hydrogen-bond acceptors (Lipinski definition) is 3. The molecule has 2 unspecified atom stereocenters. The maximum absolute atomic E-state index is 14.3. The van der Waals surface area contributed by atoms with E-state index in [0.29, 0.717) is 5.39 Å². The minimum absolute atomic E-state index is 0.0869. The van der Waals surface area contributed by atoms with Crippen LogP contribution in [0.3, 0.4) is 0 Å². The van der Waals surface area contributed by atoms with Crippen molar-refractivity contribution >= 4 is 22.5 Å². The first kappa shape index (κ1) is 27.8. The number of fused-ring (bicyclic) bond motifs is 1. The monoisotopic (exact) mass is 545 g/mol. The zero-order valence-electron chi connectivity index (χ0n) is 20.1. The van der Waals surface area contributed by atoms with Crippen LogP contribution in [0, 0.1) is 11.6 Å². The second-order valence-electron chi connectivity index (χ2n) is 8.87. The predicted octanol–water partition coefficient (Wildman–Crippen LogP) is 6.28. The molecular formula is C29H21F6NO3. The molecule has 0 saturated heterocycles. The van der Waals surface area contributed by atoms with E-state index < -0.39 is 53.4 Å². The summed E-state index contributed by atoms with van der Waals surface area (Å²) in [6.07, 6.45) is -5.88. The zero-order chi connectivity index (χ0) is 28.3. The molecule has 0 aliphatic carbocycles. The van der Waals surface area contributed by atoms with E-state index in [9.17, 15) is 41.0 Å². The van der Waals surface area contributed by atoms with Gasteiger partial charge in [-0.1, -0.05) is 54.6 Å². The molecule has 2 atom stereocenters. The van der Waals surface area contributed by atoms with Crippen LogP contribution in [0.5, 0.6) is 0 Å². The van der Waals surface area contributed by atoms with Crippen molar-refractivity contribution in [1.29, 1.82) is 0 Å². The summed E-state index contributed by atoms with van der Waals surface area (Å²) < 4.78 is 80.5. The molecule has 0 aromatic heterocycles. The molecule has 10 heteroatoms. The number of aliphatic hydroxyl groups excluding tert-OH is 1. The summed E-state index contributed by atoms with van der Waals surface area (Å²) in [5, 5.41) is 14.2. The fraction of sp³-hybridized carbons (Fsp3) is 0.172. The molecule has 202 valence electrons. The number of Topliss-reactive ketones (excluding diaryl/α,β-unsaturated/α-hetero) is 1. The van der Waals surface area contributed by atoms with Gasteiger partial charge in [-0.2, -0.15) is 8.78 Å². The van der Waals surface area contributed by atoms with E-state index in [1.165, 1.54) is 42.5 Å². The predicted molar refractivity (Wildman–Crippen MR) is 132 cm³/mol. The Balaban J connectivity index is 1.68. The summed E-state index contributed by atoms with van der Waals surface area (Å²) in [5.41, 5.74) is -0.212. The highest BCUT2D eigenvalue weighted by atomic mass is 19.3. The number of benzene rings is 4. The molecule has 4 aromatic rings. The van der Waals surface area contributed by atoms with Crippen LogP contribution in [0.15, 0.2) is 84.9 Å². The van der Waals surface area contributed by atoms with Crippen LogP contribution in [0.4, 0.5) is 26.3 Å². The molecule has 0 saturated carbocycles. The molecular weight excluding hydrogens is 524 g/mol. The van der Waals surface area contributed by atoms with E-state index in [4.69, 9.17) is 0 Å². The third-order valence-corrected chi connectivity index (χ3v) is 6.25. The molecule has 0 aliphatic heterocycles. The molecule has 0 bridgehead atoms. The lowest BCUT2D eigenvalue weighted by Crippen LogP contribution is -2.41. The van der Waals surface area contributed by atoms with Gasteiger partial charge in [0.15, 0.2) is 0 Å². The Hall–Kier alpha value is -4.18. The van der Waals surface area contributed by atoms with Crippen LogP contribution in [0.2, 0.25) is 0 Å². The summed E-state index contributed by atoms with van der Waals surface area (Å²) in [6.45, 7) is 0. The van der Waals surface area contributed by atoms with Crippen LogP contribution in [-0.4, -0.2) is 35.2 Å². The van der Waals surface area contributed by atoms with Crippen molar-refractivity contribution in [2.24, 2.45) is 0 Å². The van der Waals surface area contributed by atoms with Gasteiger partial charge in [-0.15, -0.1) is 0 Å². The number of amides is 1. The van der Waals surface area contributed by atoms with Gasteiger partial charge in [0.05, 0.1) is 12.1 Å². The molecule has 0 aliphatic rings.